The first-order chi connectivity index (χ1) is 7.91. The van der Waals surface area contributed by atoms with E-state index in [1.165, 1.54) is 32.1 Å². The quantitative estimate of drug-likeness (QED) is 0.494. The molecular weight excluding hydrogens is 202 g/mol. The van der Waals surface area contributed by atoms with Crippen molar-refractivity contribution in [2.45, 2.75) is 46.0 Å². The smallest absolute Gasteiger partial charge is 0.0701 e. The molecular formula is C13H29NO2. The summed E-state index contributed by atoms with van der Waals surface area (Å²) in [6, 6.07) is 0. The van der Waals surface area contributed by atoms with Gasteiger partial charge in [0.15, 0.2) is 0 Å². The molecule has 0 spiro atoms. The van der Waals surface area contributed by atoms with Gasteiger partial charge in [0.05, 0.1) is 19.8 Å². The second kappa shape index (κ2) is 14.9. The van der Waals surface area contributed by atoms with Gasteiger partial charge in [-0.3, -0.25) is 0 Å². The lowest BCUT2D eigenvalue weighted by molar-refractivity contribution is 0.0475. The van der Waals surface area contributed by atoms with E-state index in [0.717, 1.165) is 39.5 Å². The van der Waals surface area contributed by atoms with Gasteiger partial charge in [-0.1, -0.05) is 39.5 Å². The van der Waals surface area contributed by atoms with Gasteiger partial charge in [0, 0.05) is 13.2 Å². The van der Waals surface area contributed by atoms with Crippen molar-refractivity contribution >= 4 is 0 Å². The Morgan fingerprint density at radius 3 is 2.12 bits per heavy atom. The minimum absolute atomic E-state index is 0.723. The molecule has 0 aromatic rings. The molecule has 0 aromatic heterocycles. The first-order valence-corrected chi connectivity index (χ1v) is 6.78. The minimum atomic E-state index is 0.723. The average molecular weight is 231 g/mol. The second-order valence-corrected chi connectivity index (χ2v) is 3.99. The van der Waals surface area contributed by atoms with E-state index in [9.17, 15) is 0 Å². The second-order valence-electron chi connectivity index (χ2n) is 3.99. The molecule has 0 aliphatic carbocycles. The number of unbranched alkanes of at least 4 members (excludes halogenated alkanes) is 4. The van der Waals surface area contributed by atoms with Crippen LogP contribution in [0.2, 0.25) is 0 Å². The van der Waals surface area contributed by atoms with Crippen LogP contribution in [0.3, 0.4) is 0 Å². The van der Waals surface area contributed by atoms with E-state index in [-0.39, 0.29) is 0 Å². The van der Waals surface area contributed by atoms with Crippen molar-refractivity contribution in [1.29, 1.82) is 0 Å². The number of likely N-dealkylation sites (N-methyl/N-ethyl adjacent to an activating group) is 1. The maximum Gasteiger partial charge on any atom is 0.0701 e. The summed E-state index contributed by atoms with van der Waals surface area (Å²) in [5, 5.41) is 3.21. The zero-order valence-corrected chi connectivity index (χ0v) is 11.1. The Hall–Kier alpha value is -0.120. The van der Waals surface area contributed by atoms with Crippen molar-refractivity contribution in [3.8, 4) is 0 Å². The monoisotopic (exact) mass is 231 g/mol. The van der Waals surface area contributed by atoms with Gasteiger partial charge in [-0.15, -0.1) is 0 Å². The Balaban J connectivity index is 2.83. The van der Waals surface area contributed by atoms with Crippen molar-refractivity contribution in [2.24, 2.45) is 0 Å². The Labute approximate surface area is 101 Å². The van der Waals surface area contributed by atoms with Gasteiger partial charge in [-0.05, 0) is 13.0 Å². The van der Waals surface area contributed by atoms with Gasteiger partial charge in [-0.2, -0.15) is 0 Å². The highest BCUT2D eigenvalue weighted by Crippen LogP contribution is 2.01. The largest absolute Gasteiger partial charge is 0.379 e. The van der Waals surface area contributed by atoms with E-state index in [1.807, 2.05) is 0 Å². The van der Waals surface area contributed by atoms with Crippen LogP contribution in [-0.2, 0) is 9.47 Å². The molecule has 0 amide bonds. The molecule has 0 fully saturated rings. The molecule has 0 saturated carbocycles. The van der Waals surface area contributed by atoms with E-state index < -0.39 is 0 Å². The molecule has 3 heteroatoms. The van der Waals surface area contributed by atoms with Crippen molar-refractivity contribution in [3.63, 3.8) is 0 Å². The van der Waals surface area contributed by atoms with Gasteiger partial charge >= 0.3 is 0 Å². The summed E-state index contributed by atoms with van der Waals surface area (Å²) in [5.74, 6) is 0. The molecule has 3 nitrogen and oxygen atoms in total. The highest BCUT2D eigenvalue weighted by atomic mass is 16.5. The fraction of sp³-hybridized carbons (Fsp3) is 1.00. The highest BCUT2D eigenvalue weighted by Gasteiger charge is 1.91. The van der Waals surface area contributed by atoms with Crippen LogP contribution in [0.25, 0.3) is 0 Å². The van der Waals surface area contributed by atoms with E-state index in [0.29, 0.717) is 0 Å². The van der Waals surface area contributed by atoms with Crippen molar-refractivity contribution in [3.05, 3.63) is 0 Å². The summed E-state index contributed by atoms with van der Waals surface area (Å²) in [4.78, 5) is 0. The highest BCUT2D eigenvalue weighted by molar-refractivity contribution is 4.42. The Morgan fingerprint density at radius 2 is 1.44 bits per heavy atom. The summed E-state index contributed by atoms with van der Waals surface area (Å²) < 4.78 is 10.9. The molecule has 0 radical (unpaired) electrons. The molecule has 16 heavy (non-hydrogen) atoms. The van der Waals surface area contributed by atoms with Gasteiger partial charge in [0.25, 0.3) is 0 Å². The lowest BCUT2D eigenvalue weighted by Gasteiger charge is -2.06. The standard InChI is InChI=1S/C13H29NO2/c1-3-5-6-7-8-10-15-12-13-16-11-9-14-4-2/h14H,3-13H2,1-2H3. The third-order valence-corrected chi connectivity index (χ3v) is 2.44. The van der Waals surface area contributed by atoms with Crippen LogP contribution in [0.1, 0.15) is 46.0 Å². The third kappa shape index (κ3) is 13.9. The lowest BCUT2D eigenvalue weighted by atomic mass is 10.2. The summed E-state index contributed by atoms with van der Waals surface area (Å²) in [6.07, 6.45) is 6.50. The Kier molecular flexibility index (Phi) is 14.8. The summed E-state index contributed by atoms with van der Waals surface area (Å²) >= 11 is 0. The zero-order chi connectivity index (χ0) is 11.9. The van der Waals surface area contributed by atoms with Crippen molar-refractivity contribution in [2.75, 3.05) is 39.5 Å². The molecule has 0 rings (SSSR count). The molecule has 0 heterocycles. The fourth-order valence-corrected chi connectivity index (χ4v) is 1.45. The number of nitrogens with one attached hydrogen (secondary N) is 1. The Bertz CT molecular complexity index is 107. The summed E-state index contributed by atoms with van der Waals surface area (Å²) in [6.45, 7) is 9.42. The van der Waals surface area contributed by atoms with Crippen LogP contribution < -0.4 is 5.32 Å². The zero-order valence-electron chi connectivity index (χ0n) is 11.1. The predicted octanol–water partition coefficient (Wildman–Crippen LogP) is 2.60. The van der Waals surface area contributed by atoms with Gasteiger partial charge in [0.2, 0.25) is 0 Å². The molecule has 0 aliphatic rings. The normalized spacial score (nSPS) is 10.9. The molecule has 0 aliphatic heterocycles. The minimum Gasteiger partial charge on any atom is -0.379 e. The van der Waals surface area contributed by atoms with Crippen LogP contribution >= 0.6 is 0 Å². The molecule has 0 saturated heterocycles. The summed E-state index contributed by atoms with van der Waals surface area (Å²) in [7, 11) is 0. The topological polar surface area (TPSA) is 30.5 Å². The SMILES string of the molecule is CCCCCCCOCCOCCNCC. The molecule has 0 atom stereocenters. The van der Waals surface area contributed by atoms with E-state index in [4.69, 9.17) is 9.47 Å². The number of hydrogen-bond donors (Lipinski definition) is 1. The Morgan fingerprint density at radius 1 is 0.750 bits per heavy atom. The van der Waals surface area contributed by atoms with Gasteiger partial charge in [0.1, 0.15) is 0 Å². The molecule has 0 aromatic carbocycles. The first-order valence-electron chi connectivity index (χ1n) is 6.78. The van der Waals surface area contributed by atoms with Crippen molar-refractivity contribution in [1.82, 2.24) is 5.32 Å². The lowest BCUT2D eigenvalue weighted by Crippen LogP contribution is -2.20. The summed E-state index contributed by atoms with van der Waals surface area (Å²) in [5.41, 5.74) is 0. The van der Waals surface area contributed by atoms with Crippen LogP contribution in [0, 0.1) is 0 Å². The maximum absolute atomic E-state index is 5.47. The first kappa shape index (κ1) is 15.9. The number of ether oxygens (including phenoxy) is 2. The van der Waals surface area contributed by atoms with E-state index >= 15 is 0 Å². The van der Waals surface area contributed by atoms with Crippen LogP contribution in [0.5, 0.6) is 0 Å². The van der Waals surface area contributed by atoms with Gasteiger partial charge < -0.3 is 14.8 Å². The van der Waals surface area contributed by atoms with E-state index in [1.54, 1.807) is 0 Å². The maximum atomic E-state index is 5.47. The van der Waals surface area contributed by atoms with Crippen LogP contribution in [-0.4, -0.2) is 39.5 Å². The predicted molar refractivity (Wildman–Crippen MR) is 68.9 cm³/mol. The average Bonchev–Trinajstić information content (AvgIpc) is 2.31. The molecule has 0 bridgehead atoms. The van der Waals surface area contributed by atoms with E-state index in [2.05, 4.69) is 19.2 Å². The third-order valence-electron chi connectivity index (χ3n) is 2.44. The molecule has 98 valence electrons. The van der Waals surface area contributed by atoms with Crippen LogP contribution in [0.15, 0.2) is 0 Å². The molecule has 0 unspecified atom stereocenters. The van der Waals surface area contributed by atoms with Crippen LogP contribution in [0.4, 0.5) is 0 Å². The fourth-order valence-electron chi connectivity index (χ4n) is 1.45. The van der Waals surface area contributed by atoms with Crippen molar-refractivity contribution < 1.29 is 9.47 Å². The number of hydrogen-bond acceptors (Lipinski definition) is 3. The molecule has 1 N–H and O–H groups in total. The van der Waals surface area contributed by atoms with Gasteiger partial charge in [-0.25, -0.2) is 0 Å². The number of rotatable bonds is 13.